The van der Waals surface area contributed by atoms with E-state index in [1.54, 1.807) is 30.3 Å². The molecule has 0 saturated heterocycles. The molecule has 184 valence electrons. The van der Waals surface area contributed by atoms with Gasteiger partial charge in [0.2, 0.25) is 5.91 Å². The Morgan fingerprint density at radius 1 is 0.972 bits per heavy atom. The first-order valence-electron chi connectivity index (χ1n) is 11.3. The maximum Gasteiger partial charge on any atom is 0.254 e. The number of nitrogens with zero attached hydrogens (tertiary/aromatic N) is 3. The van der Waals surface area contributed by atoms with Gasteiger partial charge in [0.05, 0.1) is 21.4 Å². The molecule has 0 aliphatic heterocycles. The lowest BCUT2D eigenvalue weighted by atomic mass is 10.1. The number of hydrogen-bond acceptors (Lipinski definition) is 3. The Morgan fingerprint density at radius 3 is 2.36 bits per heavy atom. The Morgan fingerprint density at radius 2 is 1.69 bits per heavy atom. The van der Waals surface area contributed by atoms with Crippen molar-refractivity contribution in [1.29, 1.82) is 0 Å². The monoisotopic (exact) mass is 524 g/mol. The molecule has 4 rings (SSSR count). The number of carbonyl (C=O) groups is 2. The topological polar surface area (TPSA) is 67.2 Å². The fraction of sp³-hybridized carbons (Fsp3) is 0.148. The Hall–Kier alpha value is -3.68. The predicted molar refractivity (Wildman–Crippen MR) is 140 cm³/mol. The van der Waals surface area contributed by atoms with Gasteiger partial charge in [0.25, 0.3) is 5.91 Å². The minimum Gasteiger partial charge on any atom is -0.329 e. The SMILES string of the molecule is CCCN(CC(=O)Nc1cc(-c2ccccc2)nn1-c1ccc(F)cc1)C(=O)c1ccc(Cl)c(Cl)c1. The zero-order chi connectivity index (χ0) is 25.7. The fourth-order valence-electron chi connectivity index (χ4n) is 3.69. The molecule has 0 unspecified atom stereocenters. The Labute approximate surface area is 218 Å². The van der Waals surface area contributed by atoms with Gasteiger partial charge in [-0.1, -0.05) is 60.5 Å². The van der Waals surface area contributed by atoms with Crippen molar-refractivity contribution in [2.45, 2.75) is 13.3 Å². The highest BCUT2D eigenvalue weighted by Gasteiger charge is 2.21. The maximum absolute atomic E-state index is 13.5. The highest BCUT2D eigenvalue weighted by atomic mass is 35.5. The standard InChI is InChI=1S/C27H23Cl2FN4O2/c1-2-14-33(27(36)19-8-13-22(28)23(29)15-19)17-26(35)31-25-16-24(18-6-4-3-5-7-18)32-34(25)21-11-9-20(30)10-12-21/h3-13,15-16H,2,14,17H2,1H3,(H,31,35). The van der Waals surface area contributed by atoms with E-state index >= 15 is 0 Å². The second-order valence-corrected chi connectivity index (χ2v) is 8.89. The second kappa shape index (κ2) is 11.4. The quantitative estimate of drug-likeness (QED) is 0.287. The van der Waals surface area contributed by atoms with Crippen LogP contribution in [0.4, 0.5) is 10.2 Å². The number of hydrogen-bond donors (Lipinski definition) is 1. The number of halogens is 3. The van der Waals surface area contributed by atoms with E-state index in [1.807, 2.05) is 37.3 Å². The lowest BCUT2D eigenvalue weighted by Crippen LogP contribution is -2.38. The predicted octanol–water partition coefficient (Wildman–Crippen LogP) is 6.48. The summed E-state index contributed by atoms with van der Waals surface area (Å²) < 4.78 is 15.0. The van der Waals surface area contributed by atoms with E-state index < -0.39 is 5.91 Å². The molecule has 6 nitrogen and oxygen atoms in total. The third kappa shape index (κ3) is 5.93. The third-order valence-corrected chi connectivity index (χ3v) is 6.14. The number of nitrogens with one attached hydrogen (secondary N) is 1. The van der Waals surface area contributed by atoms with Gasteiger partial charge in [0, 0.05) is 23.7 Å². The normalized spacial score (nSPS) is 10.8. The summed E-state index contributed by atoms with van der Waals surface area (Å²) in [5.41, 5.74) is 2.41. The molecule has 0 fully saturated rings. The average Bonchev–Trinajstić information content (AvgIpc) is 3.29. The van der Waals surface area contributed by atoms with Gasteiger partial charge in [-0.3, -0.25) is 9.59 Å². The summed E-state index contributed by atoms with van der Waals surface area (Å²) in [6.07, 6.45) is 0.659. The molecule has 0 aliphatic carbocycles. The van der Waals surface area contributed by atoms with Crippen LogP contribution in [0.2, 0.25) is 10.0 Å². The van der Waals surface area contributed by atoms with Crippen molar-refractivity contribution < 1.29 is 14.0 Å². The lowest BCUT2D eigenvalue weighted by Gasteiger charge is -2.22. The van der Waals surface area contributed by atoms with Crippen LogP contribution in [0.3, 0.4) is 0 Å². The van der Waals surface area contributed by atoms with Crippen molar-refractivity contribution in [2.24, 2.45) is 0 Å². The first-order chi connectivity index (χ1) is 17.4. The molecule has 1 aromatic heterocycles. The van der Waals surface area contributed by atoms with Crippen molar-refractivity contribution in [1.82, 2.24) is 14.7 Å². The molecule has 0 atom stereocenters. The Balaban J connectivity index is 1.59. The number of aromatic nitrogens is 2. The van der Waals surface area contributed by atoms with Crippen molar-refractivity contribution in [2.75, 3.05) is 18.4 Å². The van der Waals surface area contributed by atoms with Crippen LogP contribution >= 0.6 is 23.2 Å². The molecule has 0 bridgehead atoms. The zero-order valence-electron chi connectivity index (χ0n) is 19.4. The van der Waals surface area contributed by atoms with E-state index in [-0.39, 0.29) is 23.3 Å². The molecule has 36 heavy (non-hydrogen) atoms. The van der Waals surface area contributed by atoms with Crippen LogP contribution in [0, 0.1) is 5.82 Å². The van der Waals surface area contributed by atoms with E-state index in [9.17, 15) is 14.0 Å². The number of carbonyl (C=O) groups excluding carboxylic acids is 2. The molecule has 0 spiro atoms. The van der Waals surface area contributed by atoms with Crippen molar-refractivity contribution in [3.8, 4) is 16.9 Å². The summed E-state index contributed by atoms with van der Waals surface area (Å²) >= 11 is 12.0. The average molecular weight is 525 g/mol. The van der Waals surface area contributed by atoms with E-state index in [0.717, 1.165) is 5.56 Å². The van der Waals surface area contributed by atoms with Crippen LogP contribution in [-0.2, 0) is 4.79 Å². The van der Waals surface area contributed by atoms with Gasteiger partial charge >= 0.3 is 0 Å². The fourth-order valence-corrected chi connectivity index (χ4v) is 3.99. The molecule has 3 aromatic carbocycles. The molecule has 0 radical (unpaired) electrons. The highest BCUT2D eigenvalue weighted by Crippen LogP contribution is 2.26. The molecular weight excluding hydrogens is 502 g/mol. The zero-order valence-corrected chi connectivity index (χ0v) is 20.9. The van der Waals surface area contributed by atoms with Crippen LogP contribution < -0.4 is 5.32 Å². The minimum absolute atomic E-state index is 0.178. The van der Waals surface area contributed by atoms with E-state index in [2.05, 4.69) is 10.4 Å². The van der Waals surface area contributed by atoms with Gasteiger partial charge in [-0.25, -0.2) is 9.07 Å². The van der Waals surface area contributed by atoms with Gasteiger partial charge in [0.1, 0.15) is 18.2 Å². The van der Waals surface area contributed by atoms with Crippen LogP contribution in [0.15, 0.2) is 78.9 Å². The van der Waals surface area contributed by atoms with Gasteiger partial charge in [0.15, 0.2) is 0 Å². The Kier molecular flexibility index (Phi) is 8.03. The van der Waals surface area contributed by atoms with Gasteiger partial charge < -0.3 is 10.2 Å². The number of benzene rings is 3. The third-order valence-electron chi connectivity index (χ3n) is 5.40. The summed E-state index contributed by atoms with van der Waals surface area (Å²) in [6, 6.07) is 21.6. The van der Waals surface area contributed by atoms with Crippen molar-refractivity contribution in [3.63, 3.8) is 0 Å². The van der Waals surface area contributed by atoms with E-state index in [1.165, 1.54) is 27.8 Å². The molecule has 1 heterocycles. The summed E-state index contributed by atoms with van der Waals surface area (Å²) in [7, 11) is 0. The van der Waals surface area contributed by atoms with Crippen LogP contribution in [-0.4, -0.2) is 39.6 Å². The Bertz CT molecular complexity index is 1370. The van der Waals surface area contributed by atoms with Crippen LogP contribution in [0.1, 0.15) is 23.7 Å². The van der Waals surface area contributed by atoms with Gasteiger partial charge in [-0.2, -0.15) is 5.10 Å². The van der Waals surface area contributed by atoms with Crippen molar-refractivity contribution in [3.05, 3.63) is 100 Å². The minimum atomic E-state index is -0.403. The largest absolute Gasteiger partial charge is 0.329 e. The maximum atomic E-state index is 13.5. The van der Waals surface area contributed by atoms with E-state index in [4.69, 9.17) is 23.2 Å². The van der Waals surface area contributed by atoms with Crippen LogP contribution in [0.5, 0.6) is 0 Å². The molecule has 9 heteroatoms. The molecular formula is C27H23Cl2FN4O2. The van der Waals surface area contributed by atoms with Crippen molar-refractivity contribution >= 4 is 40.8 Å². The van der Waals surface area contributed by atoms with Gasteiger partial charge in [-0.05, 0) is 48.9 Å². The molecule has 4 aromatic rings. The number of rotatable bonds is 8. The number of amides is 2. The molecule has 1 N–H and O–H groups in total. The molecule has 0 aliphatic rings. The van der Waals surface area contributed by atoms with Gasteiger partial charge in [-0.15, -0.1) is 0 Å². The smallest absolute Gasteiger partial charge is 0.254 e. The lowest BCUT2D eigenvalue weighted by molar-refractivity contribution is -0.116. The summed E-state index contributed by atoms with van der Waals surface area (Å²) in [5.74, 6) is -0.720. The summed E-state index contributed by atoms with van der Waals surface area (Å²) in [4.78, 5) is 27.6. The first kappa shape index (κ1) is 25.4. The molecule has 0 saturated carbocycles. The highest BCUT2D eigenvalue weighted by molar-refractivity contribution is 6.42. The number of anilines is 1. The second-order valence-electron chi connectivity index (χ2n) is 8.07. The summed E-state index contributed by atoms with van der Waals surface area (Å²) in [5, 5.41) is 8.09. The summed E-state index contributed by atoms with van der Waals surface area (Å²) in [6.45, 7) is 2.12. The first-order valence-corrected chi connectivity index (χ1v) is 12.1. The van der Waals surface area contributed by atoms with Crippen LogP contribution in [0.25, 0.3) is 16.9 Å². The molecule has 2 amide bonds. The van der Waals surface area contributed by atoms with E-state index in [0.29, 0.717) is 40.8 Å².